The number of thiophene rings is 1. The lowest BCUT2D eigenvalue weighted by molar-refractivity contribution is 1.31. The van der Waals surface area contributed by atoms with Crippen LogP contribution in [0.1, 0.15) is 5.56 Å². The third kappa shape index (κ3) is 5.24. The van der Waals surface area contributed by atoms with Crippen molar-refractivity contribution < 1.29 is 0 Å². The number of nitrogens with one attached hydrogen (secondary N) is 1. The molecule has 1 aliphatic rings. The van der Waals surface area contributed by atoms with Crippen LogP contribution in [0.15, 0.2) is 194 Å². The van der Waals surface area contributed by atoms with Gasteiger partial charge in [-0.25, -0.2) is 0 Å². The van der Waals surface area contributed by atoms with Gasteiger partial charge >= 0.3 is 0 Å². The minimum absolute atomic E-state index is 0.849. The van der Waals surface area contributed by atoms with E-state index in [4.69, 9.17) is 4.98 Å². The first-order valence-corrected chi connectivity index (χ1v) is 21.8. The summed E-state index contributed by atoms with van der Waals surface area (Å²) in [6, 6.07) is 67.6. The minimum Gasteiger partial charge on any atom is -0.381 e. The number of hydrogen-bond acceptors (Lipinski definition) is 3. The van der Waals surface area contributed by atoms with E-state index in [-0.39, 0.29) is 0 Å². The highest BCUT2D eigenvalue weighted by atomic mass is 32.1. The first-order valence-electron chi connectivity index (χ1n) is 21.0. The van der Waals surface area contributed by atoms with Gasteiger partial charge in [-0.1, -0.05) is 164 Å². The van der Waals surface area contributed by atoms with Gasteiger partial charge in [-0.15, -0.1) is 11.3 Å². The Morgan fingerprint density at radius 2 is 0.984 bits per heavy atom. The number of fused-ring (bicyclic) bond motifs is 9. The molecule has 1 aliphatic heterocycles. The molecule has 0 saturated carbocycles. The number of pyridine rings is 1. The summed E-state index contributed by atoms with van der Waals surface area (Å²) in [7, 11) is 0. The first kappa shape index (κ1) is 34.3. The fraction of sp³-hybridized carbons (Fsp3) is 0.0172. The number of hydrogen-bond donors (Lipinski definition) is 1. The molecule has 0 spiro atoms. The van der Waals surface area contributed by atoms with Crippen LogP contribution in [0.25, 0.3) is 125 Å². The molecule has 13 rings (SSSR count). The van der Waals surface area contributed by atoms with Crippen molar-refractivity contribution in [3.05, 3.63) is 200 Å². The summed E-state index contributed by atoms with van der Waals surface area (Å²) >= 11 is 1.90. The summed E-state index contributed by atoms with van der Waals surface area (Å²) in [5.41, 5.74) is 13.4. The van der Waals surface area contributed by atoms with E-state index in [1.54, 1.807) is 0 Å². The van der Waals surface area contributed by atoms with Crippen LogP contribution in [0, 0.1) is 0 Å². The van der Waals surface area contributed by atoms with Crippen molar-refractivity contribution in [3.63, 3.8) is 0 Å². The Morgan fingerprint density at radius 3 is 1.62 bits per heavy atom. The standard InChI is InChI=1S/C58H36N2S/c1-3-16-42-40(14-1)54(37-26-24-35-12-10-30-59-50(35)32-37)41-15-2-4-17-43(41)56(42)39-28-29-48-53(34-39)61-52-23-9-22-49(58(48)52)57-46-20-7-5-18-44(46)55(45-19-6-8-21-47(45)57)38-27-25-36-13-11-31-60-51(36)33-38/h1-29,31-34,59H,30H2. The van der Waals surface area contributed by atoms with E-state index in [1.165, 1.54) is 119 Å². The summed E-state index contributed by atoms with van der Waals surface area (Å²) in [6.07, 6.45) is 6.28. The van der Waals surface area contributed by atoms with E-state index >= 15 is 0 Å². The van der Waals surface area contributed by atoms with Crippen LogP contribution in [0.2, 0.25) is 0 Å². The van der Waals surface area contributed by atoms with Crippen molar-refractivity contribution in [2.75, 3.05) is 11.9 Å². The van der Waals surface area contributed by atoms with Gasteiger partial charge in [0.1, 0.15) is 0 Å². The van der Waals surface area contributed by atoms with E-state index in [2.05, 4.69) is 193 Å². The molecule has 0 atom stereocenters. The second kappa shape index (κ2) is 13.5. The zero-order chi connectivity index (χ0) is 40.0. The Balaban J connectivity index is 1.03. The van der Waals surface area contributed by atoms with Gasteiger partial charge in [0.25, 0.3) is 0 Å². The van der Waals surface area contributed by atoms with Gasteiger partial charge in [0.2, 0.25) is 0 Å². The fourth-order valence-electron chi connectivity index (χ4n) is 10.3. The molecule has 0 fully saturated rings. The Bertz CT molecular complexity index is 3720. The third-order valence-electron chi connectivity index (χ3n) is 12.9. The van der Waals surface area contributed by atoms with E-state index in [9.17, 15) is 0 Å². The van der Waals surface area contributed by atoms with Gasteiger partial charge in [0.05, 0.1) is 5.52 Å². The molecule has 3 heterocycles. The zero-order valence-electron chi connectivity index (χ0n) is 33.1. The van der Waals surface area contributed by atoms with Crippen LogP contribution in [0.3, 0.4) is 0 Å². The Kier molecular flexibility index (Phi) is 7.57. The number of anilines is 1. The van der Waals surface area contributed by atoms with E-state index < -0.39 is 0 Å². The molecule has 2 aromatic heterocycles. The van der Waals surface area contributed by atoms with Crippen molar-refractivity contribution in [2.45, 2.75) is 0 Å². The summed E-state index contributed by atoms with van der Waals surface area (Å²) in [5.74, 6) is 0. The molecule has 0 amide bonds. The quantitative estimate of drug-likeness (QED) is 0.180. The fourth-order valence-corrected chi connectivity index (χ4v) is 11.4. The summed E-state index contributed by atoms with van der Waals surface area (Å²) in [4.78, 5) is 4.73. The van der Waals surface area contributed by atoms with E-state index in [0.29, 0.717) is 0 Å². The minimum atomic E-state index is 0.849. The number of aromatic nitrogens is 1. The molecule has 0 unspecified atom stereocenters. The molecule has 61 heavy (non-hydrogen) atoms. The SMILES string of the molecule is C1=Cc2ccc(-c3c4ccccc4c(-c4ccc5c(c4)sc4cccc(-c6c7ccccc7c(-c7ccc8cccnc8c7)c7ccccc67)c45)c4ccccc34)cc2NC1. The molecule has 1 N–H and O–H groups in total. The number of rotatable bonds is 4. The normalized spacial score (nSPS) is 12.6. The molecule has 2 nitrogen and oxygen atoms in total. The van der Waals surface area contributed by atoms with Crippen LogP contribution >= 0.6 is 11.3 Å². The maximum atomic E-state index is 4.73. The first-order chi connectivity index (χ1) is 30.3. The molecule has 12 aromatic rings. The van der Waals surface area contributed by atoms with E-state index in [0.717, 1.165) is 17.4 Å². The van der Waals surface area contributed by atoms with Gasteiger partial charge < -0.3 is 5.32 Å². The van der Waals surface area contributed by atoms with Crippen LogP contribution < -0.4 is 5.32 Å². The maximum Gasteiger partial charge on any atom is 0.0708 e. The second-order valence-electron chi connectivity index (χ2n) is 16.2. The van der Waals surface area contributed by atoms with Crippen molar-refractivity contribution in [1.82, 2.24) is 4.98 Å². The highest BCUT2D eigenvalue weighted by Crippen LogP contribution is 2.50. The summed E-state index contributed by atoms with van der Waals surface area (Å²) in [5, 5.41) is 17.4. The third-order valence-corrected chi connectivity index (χ3v) is 14.0. The van der Waals surface area contributed by atoms with E-state index in [1.807, 2.05) is 23.6 Å². The summed E-state index contributed by atoms with van der Waals surface area (Å²) in [6.45, 7) is 0.849. The topological polar surface area (TPSA) is 24.9 Å². The molecule has 0 bridgehead atoms. The van der Waals surface area contributed by atoms with Crippen LogP contribution in [0.4, 0.5) is 5.69 Å². The van der Waals surface area contributed by atoms with Crippen molar-refractivity contribution in [3.8, 4) is 44.5 Å². The molecule has 0 saturated heterocycles. The molecule has 0 radical (unpaired) electrons. The predicted molar refractivity (Wildman–Crippen MR) is 264 cm³/mol. The molecule has 0 aliphatic carbocycles. The van der Waals surface area contributed by atoms with Crippen molar-refractivity contribution in [1.29, 1.82) is 0 Å². The van der Waals surface area contributed by atoms with Gasteiger partial charge in [-0.3, -0.25) is 4.98 Å². The maximum absolute atomic E-state index is 4.73. The van der Waals surface area contributed by atoms with Gasteiger partial charge in [-0.2, -0.15) is 0 Å². The number of benzene rings is 10. The average Bonchev–Trinajstić information content (AvgIpc) is 3.70. The average molecular weight is 793 g/mol. The number of nitrogens with zero attached hydrogens (tertiary/aromatic N) is 1. The Labute approximate surface area is 356 Å². The largest absolute Gasteiger partial charge is 0.381 e. The van der Waals surface area contributed by atoms with Crippen molar-refractivity contribution >= 4 is 97.3 Å². The monoisotopic (exact) mass is 792 g/mol. The predicted octanol–water partition coefficient (Wildman–Crippen LogP) is 16.3. The molecular formula is C58H36N2S. The van der Waals surface area contributed by atoms with Crippen LogP contribution in [0.5, 0.6) is 0 Å². The lowest BCUT2D eigenvalue weighted by Gasteiger charge is -2.20. The second-order valence-corrected chi connectivity index (χ2v) is 17.3. The molecular weight excluding hydrogens is 757 g/mol. The molecule has 284 valence electrons. The highest BCUT2D eigenvalue weighted by Gasteiger charge is 2.22. The zero-order valence-corrected chi connectivity index (χ0v) is 33.9. The summed E-state index contributed by atoms with van der Waals surface area (Å²) < 4.78 is 2.59. The molecule has 3 heteroatoms. The van der Waals surface area contributed by atoms with Gasteiger partial charge in [0.15, 0.2) is 0 Å². The van der Waals surface area contributed by atoms with Crippen molar-refractivity contribution in [2.24, 2.45) is 0 Å². The van der Waals surface area contributed by atoms with Crippen LogP contribution in [-0.4, -0.2) is 11.5 Å². The Hall–Kier alpha value is -7.59. The van der Waals surface area contributed by atoms with Gasteiger partial charge in [0, 0.05) is 44.0 Å². The lowest BCUT2D eigenvalue weighted by Crippen LogP contribution is -2.04. The highest BCUT2D eigenvalue weighted by molar-refractivity contribution is 7.26. The van der Waals surface area contributed by atoms with Gasteiger partial charge in [-0.05, 0) is 123 Å². The Morgan fingerprint density at radius 1 is 0.426 bits per heavy atom. The lowest BCUT2D eigenvalue weighted by atomic mass is 9.84. The van der Waals surface area contributed by atoms with Crippen LogP contribution in [-0.2, 0) is 0 Å². The smallest absolute Gasteiger partial charge is 0.0708 e. The molecule has 10 aromatic carbocycles.